The summed E-state index contributed by atoms with van der Waals surface area (Å²) < 4.78 is 13.1. The summed E-state index contributed by atoms with van der Waals surface area (Å²) in [5.41, 5.74) is 1.99. The molecule has 0 spiro atoms. The van der Waals surface area contributed by atoms with Gasteiger partial charge in [0.05, 0.1) is 10.6 Å². The zero-order chi connectivity index (χ0) is 14.1. The molecule has 0 bridgehead atoms. The summed E-state index contributed by atoms with van der Waals surface area (Å²) in [7, 11) is 0. The highest BCUT2D eigenvalue weighted by Gasteiger charge is 2.25. The fraction of sp³-hybridized carbons (Fsp3) is 0.375. The summed E-state index contributed by atoms with van der Waals surface area (Å²) in [6.07, 6.45) is 4.71. The molecule has 3 rings (SSSR count). The second-order valence-electron chi connectivity index (χ2n) is 5.28. The number of nitrogens with zero attached hydrogens (tertiary/aromatic N) is 1. The van der Waals surface area contributed by atoms with Gasteiger partial charge in [0.15, 0.2) is 10.8 Å². The van der Waals surface area contributed by atoms with E-state index in [1.54, 1.807) is 19.1 Å². The predicted octanol–water partition coefficient (Wildman–Crippen LogP) is 4.81. The van der Waals surface area contributed by atoms with Crippen molar-refractivity contribution in [2.45, 2.75) is 38.5 Å². The highest BCUT2D eigenvalue weighted by Crippen LogP contribution is 2.41. The molecule has 1 aliphatic carbocycles. The van der Waals surface area contributed by atoms with E-state index >= 15 is 0 Å². The Hall–Kier alpha value is -1.55. The number of thiazole rings is 1. The highest BCUT2D eigenvalue weighted by molar-refractivity contribution is 7.17. The number of carbonyl (C=O) groups is 1. The van der Waals surface area contributed by atoms with Crippen molar-refractivity contribution in [3.63, 3.8) is 0 Å². The Morgan fingerprint density at radius 1 is 1.25 bits per heavy atom. The number of Topliss-reactive ketones (excluding diaryl/α,β-unsaturated/α-hetero) is 1. The first kappa shape index (κ1) is 13.4. The van der Waals surface area contributed by atoms with Crippen LogP contribution in [0.5, 0.6) is 0 Å². The maximum Gasteiger partial charge on any atom is 0.188 e. The third kappa shape index (κ3) is 2.52. The number of ketones is 1. The fourth-order valence-electron chi connectivity index (χ4n) is 2.77. The zero-order valence-corrected chi connectivity index (χ0v) is 12.2. The molecule has 1 aromatic heterocycles. The molecule has 0 radical (unpaired) electrons. The van der Waals surface area contributed by atoms with Gasteiger partial charge >= 0.3 is 0 Å². The van der Waals surface area contributed by atoms with Crippen molar-refractivity contribution in [2.24, 2.45) is 0 Å². The van der Waals surface area contributed by atoms with Gasteiger partial charge in [0, 0.05) is 12.8 Å². The van der Waals surface area contributed by atoms with Gasteiger partial charge in [-0.25, -0.2) is 9.37 Å². The van der Waals surface area contributed by atoms with Gasteiger partial charge in [0.1, 0.15) is 5.82 Å². The van der Waals surface area contributed by atoms with Crippen LogP contribution in [0.15, 0.2) is 24.3 Å². The molecule has 1 fully saturated rings. The summed E-state index contributed by atoms with van der Waals surface area (Å²) in [6.45, 7) is 1.55. The summed E-state index contributed by atoms with van der Waals surface area (Å²) in [5, 5.41) is 0.561. The van der Waals surface area contributed by atoms with Crippen LogP contribution in [0.2, 0.25) is 0 Å². The third-order valence-electron chi connectivity index (χ3n) is 3.80. The molecule has 2 nitrogen and oxygen atoms in total. The van der Waals surface area contributed by atoms with E-state index in [-0.39, 0.29) is 11.6 Å². The molecule has 1 heterocycles. The molecule has 0 unspecified atom stereocenters. The van der Waals surface area contributed by atoms with Crippen LogP contribution in [0.4, 0.5) is 4.39 Å². The third-order valence-corrected chi connectivity index (χ3v) is 5.02. The quantitative estimate of drug-likeness (QED) is 0.759. The van der Waals surface area contributed by atoms with Gasteiger partial charge in [-0.3, -0.25) is 4.79 Å². The van der Waals surface area contributed by atoms with Gasteiger partial charge in [0.25, 0.3) is 0 Å². The van der Waals surface area contributed by atoms with E-state index in [9.17, 15) is 9.18 Å². The molecule has 1 saturated carbocycles. The van der Waals surface area contributed by atoms with E-state index in [4.69, 9.17) is 0 Å². The Kier molecular flexibility index (Phi) is 3.66. The molecule has 0 N–H and O–H groups in total. The molecule has 1 aromatic carbocycles. The Balaban J connectivity index is 2.07. The van der Waals surface area contributed by atoms with Crippen molar-refractivity contribution in [1.29, 1.82) is 0 Å². The summed E-state index contributed by atoms with van der Waals surface area (Å²) >= 11 is 1.43. The number of halogens is 1. The van der Waals surface area contributed by atoms with Gasteiger partial charge < -0.3 is 0 Å². The van der Waals surface area contributed by atoms with Gasteiger partial charge in [0.2, 0.25) is 0 Å². The van der Waals surface area contributed by atoms with Crippen molar-refractivity contribution in [2.75, 3.05) is 0 Å². The minimum Gasteiger partial charge on any atom is -0.292 e. The number of rotatable bonds is 3. The van der Waals surface area contributed by atoms with E-state index in [1.165, 1.54) is 36.3 Å². The van der Waals surface area contributed by atoms with Crippen LogP contribution in [-0.2, 0) is 0 Å². The van der Waals surface area contributed by atoms with Crippen LogP contribution < -0.4 is 0 Å². The summed E-state index contributed by atoms with van der Waals surface area (Å²) in [6, 6.07) is 6.46. The average molecular weight is 289 g/mol. The lowest BCUT2D eigenvalue weighted by Gasteiger charge is -2.08. The Labute approximate surface area is 121 Å². The molecule has 1 aliphatic rings. The van der Waals surface area contributed by atoms with Gasteiger partial charge in [-0.15, -0.1) is 11.3 Å². The zero-order valence-electron chi connectivity index (χ0n) is 11.4. The second kappa shape index (κ2) is 5.44. The normalized spacial score (nSPS) is 15.7. The first-order chi connectivity index (χ1) is 9.65. The smallest absolute Gasteiger partial charge is 0.188 e. The lowest BCUT2D eigenvalue weighted by molar-refractivity contribution is 0.101. The SMILES string of the molecule is CC(=O)c1nc(C2CCCC2)c(-c2ccc(F)cc2)s1. The average Bonchev–Trinajstić information content (AvgIpc) is 3.08. The second-order valence-corrected chi connectivity index (χ2v) is 6.28. The van der Waals surface area contributed by atoms with Crippen molar-refractivity contribution < 1.29 is 9.18 Å². The minimum atomic E-state index is -0.243. The van der Waals surface area contributed by atoms with E-state index in [0.717, 1.165) is 29.0 Å². The molecule has 2 aromatic rings. The van der Waals surface area contributed by atoms with E-state index in [0.29, 0.717) is 10.9 Å². The Morgan fingerprint density at radius 3 is 2.50 bits per heavy atom. The van der Waals surface area contributed by atoms with Crippen LogP contribution in [0.1, 0.15) is 54.0 Å². The van der Waals surface area contributed by atoms with E-state index in [1.807, 2.05) is 0 Å². The van der Waals surface area contributed by atoms with Crippen LogP contribution in [-0.4, -0.2) is 10.8 Å². The number of hydrogen-bond donors (Lipinski definition) is 0. The highest BCUT2D eigenvalue weighted by atomic mass is 32.1. The van der Waals surface area contributed by atoms with Crippen LogP contribution in [0.3, 0.4) is 0 Å². The van der Waals surface area contributed by atoms with E-state index in [2.05, 4.69) is 4.98 Å². The molecule has 104 valence electrons. The molecule has 0 aliphatic heterocycles. The van der Waals surface area contributed by atoms with Gasteiger partial charge in [-0.05, 0) is 30.5 Å². The van der Waals surface area contributed by atoms with Crippen molar-refractivity contribution in [1.82, 2.24) is 4.98 Å². The lowest BCUT2D eigenvalue weighted by atomic mass is 10.0. The van der Waals surface area contributed by atoms with Crippen LogP contribution >= 0.6 is 11.3 Å². The minimum absolute atomic E-state index is 0.00242. The Bertz CT molecular complexity index is 626. The number of aromatic nitrogens is 1. The molecule has 0 atom stereocenters. The van der Waals surface area contributed by atoms with Gasteiger partial charge in [-0.1, -0.05) is 25.0 Å². The number of carbonyl (C=O) groups excluding carboxylic acids is 1. The molecular formula is C16H16FNOS. The molecule has 0 amide bonds. The Morgan fingerprint density at radius 2 is 1.90 bits per heavy atom. The molecular weight excluding hydrogens is 273 g/mol. The molecule has 0 saturated heterocycles. The summed E-state index contributed by atoms with van der Waals surface area (Å²) in [4.78, 5) is 17.2. The number of benzene rings is 1. The van der Waals surface area contributed by atoms with Crippen LogP contribution in [0, 0.1) is 5.82 Å². The maximum atomic E-state index is 13.1. The lowest BCUT2D eigenvalue weighted by Crippen LogP contribution is -1.97. The standard InChI is InChI=1S/C16H16FNOS/c1-10(19)16-18-14(11-4-2-3-5-11)15(20-16)12-6-8-13(17)9-7-12/h6-9,11H,2-5H2,1H3. The number of hydrogen-bond acceptors (Lipinski definition) is 3. The first-order valence-electron chi connectivity index (χ1n) is 6.93. The van der Waals surface area contributed by atoms with Gasteiger partial charge in [-0.2, -0.15) is 0 Å². The van der Waals surface area contributed by atoms with Crippen molar-refractivity contribution in [3.05, 3.63) is 40.8 Å². The maximum absolute atomic E-state index is 13.1. The topological polar surface area (TPSA) is 30.0 Å². The van der Waals surface area contributed by atoms with Crippen LogP contribution in [0.25, 0.3) is 10.4 Å². The molecule has 4 heteroatoms. The fourth-order valence-corrected chi connectivity index (χ4v) is 3.82. The largest absolute Gasteiger partial charge is 0.292 e. The monoisotopic (exact) mass is 289 g/mol. The summed E-state index contributed by atoms with van der Waals surface area (Å²) in [5.74, 6) is 0.203. The van der Waals surface area contributed by atoms with Crippen molar-refractivity contribution in [3.8, 4) is 10.4 Å². The van der Waals surface area contributed by atoms with Crippen molar-refractivity contribution >= 4 is 17.1 Å². The van der Waals surface area contributed by atoms with E-state index < -0.39 is 0 Å². The first-order valence-corrected chi connectivity index (χ1v) is 7.74. The molecule has 20 heavy (non-hydrogen) atoms. The predicted molar refractivity (Wildman–Crippen MR) is 78.7 cm³/mol.